The predicted molar refractivity (Wildman–Crippen MR) is 79.4 cm³/mol. The van der Waals surface area contributed by atoms with Crippen molar-refractivity contribution < 1.29 is 8.42 Å². The first-order valence-electron chi connectivity index (χ1n) is 5.49. The molecule has 0 bridgehead atoms. The molecule has 4 nitrogen and oxygen atoms in total. The molecule has 0 amide bonds. The van der Waals surface area contributed by atoms with Crippen molar-refractivity contribution in [3.63, 3.8) is 0 Å². The Labute approximate surface area is 121 Å². The van der Waals surface area contributed by atoms with Crippen LogP contribution in [0, 0.1) is 0 Å². The van der Waals surface area contributed by atoms with Crippen molar-refractivity contribution in [1.82, 2.24) is 9.62 Å². The van der Waals surface area contributed by atoms with Gasteiger partial charge in [-0.1, -0.05) is 13.0 Å². The fourth-order valence-corrected chi connectivity index (χ4v) is 5.10. The summed E-state index contributed by atoms with van der Waals surface area (Å²) in [6.45, 7) is 7.40. The summed E-state index contributed by atoms with van der Waals surface area (Å²) in [6, 6.07) is 1.71. The summed E-state index contributed by atoms with van der Waals surface area (Å²) >= 11 is 4.76. The Morgan fingerprint density at radius 2 is 2.28 bits per heavy atom. The molecule has 0 saturated heterocycles. The summed E-state index contributed by atoms with van der Waals surface area (Å²) in [5.74, 6) is 0. The van der Waals surface area contributed by atoms with Gasteiger partial charge >= 0.3 is 0 Å². The summed E-state index contributed by atoms with van der Waals surface area (Å²) in [5.41, 5.74) is 0. The highest BCUT2D eigenvalue weighted by Gasteiger charge is 2.24. The van der Waals surface area contributed by atoms with Crippen LogP contribution in [0.4, 0.5) is 0 Å². The Balaban J connectivity index is 3.01. The van der Waals surface area contributed by atoms with Crippen LogP contribution in [0.25, 0.3) is 0 Å². The number of halogens is 1. The highest BCUT2D eigenvalue weighted by molar-refractivity contribution is 9.11. The first-order valence-corrected chi connectivity index (χ1v) is 8.54. The first kappa shape index (κ1) is 15.8. The Morgan fingerprint density at radius 3 is 2.83 bits per heavy atom. The zero-order chi connectivity index (χ0) is 13.8. The molecule has 1 rings (SSSR count). The molecule has 0 spiro atoms. The largest absolute Gasteiger partial charge is 0.312 e. The maximum absolute atomic E-state index is 12.3. The van der Waals surface area contributed by atoms with Crippen molar-refractivity contribution in [2.24, 2.45) is 0 Å². The lowest BCUT2D eigenvalue weighted by atomic mass is 10.4. The number of nitrogens with one attached hydrogen (secondary N) is 1. The summed E-state index contributed by atoms with van der Waals surface area (Å²) < 4.78 is 26.5. The van der Waals surface area contributed by atoms with Crippen LogP contribution in [0.15, 0.2) is 27.4 Å². The molecule has 0 saturated carbocycles. The van der Waals surface area contributed by atoms with E-state index in [2.05, 4.69) is 27.8 Å². The van der Waals surface area contributed by atoms with E-state index in [9.17, 15) is 8.42 Å². The zero-order valence-corrected chi connectivity index (χ0v) is 13.7. The molecule has 0 aliphatic rings. The van der Waals surface area contributed by atoms with Crippen molar-refractivity contribution in [2.75, 3.05) is 20.1 Å². The third-order valence-corrected chi connectivity index (χ3v) is 6.41. The number of hydrogen-bond donors (Lipinski definition) is 1. The number of rotatable bonds is 7. The van der Waals surface area contributed by atoms with E-state index >= 15 is 0 Å². The van der Waals surface area contributed by atoms with Crippen LogP contribution in [-0.2, 0) is 16.6 Å². The van der Waals surface area contributed by atoms with Gasteiger partial charge in [0.25, 0.3) is 0 Å². The molecule has 1 aromatic heterocycles. The Kier molecular flexibility index (Phi) is 6.00. The van der Waals surface area contributed by atoms with Gasteiger partial charge in [-0.25, -0.2) is 8.42 Å². The summed E-state index contributed by atoms with van der Waals surface area (Å²) in [4.78, 5) is 1.32. The van der Waals surface area contributed by atoms with Crippen molar-refractivity contribution in [3.05, 3.63) is 27.4 Å². The monoisotopic (exact) mass is 352 g/mol. The van der Waals surface area contributed by atoms with Gasteiger partial charge in [0.15, 0.2) is 0 Å². The van der Waals surface area contributed by atoms with Gasteiger partial charge in [0.05, 0.1) is 3.79 Å². The van der Waals surface area contributed by atoms with E-state index in [0.29, 0.717) is 21.8 Å². The predicted octanol–water partition coefficient (Wildman–Crippen LogP) is 2.43. The van der Waals surface area contributed by atoms with E-state index < -0.39 is 10.0 Å². The van der Waals surface area contributed by atoms with E-state index in [0.717, 1.165) is 11.4 Å². The quantitative estimate of drug-likeness (QED) is 0.766. The fraction of sp³-hybridized carbons (Fsp3) is 0.455. The normalized spacial score (nSPS) is 12.0. The van der Waals surface area contributed by atoms with Gasteiger partial charge in [0.1, 0.15) is 4.90 Å². The molecular formula is C11H17BrN2O2S2. The molecule has 1 aromatic rings. The minimum Gasteiger partial charge on any atom is -0.312 e. The third kappa shape index (κ3) is 3.64. The zero-order valence-electron chi connectivity index (χ0n) is 10.4. The minimum absolute atomic E-state index is 0.299. The lowest BCUT2D eigenvalue weighted by molar-refractivity contribution is 0.499. The van der Waals surface area contributed by atoms with Gasteiger partial charge in [-0.2, -0.15) is 4.31 Å². The summed E-state index contributed by atoms with van der Waals surface area (Å²) in [5, 5.41) is 3.18. The molecule has 0 fully saturated rings. The molecule has 0 unspecified atom stereocenters. The highest BCUT2D eigenvalue weighted by atomic mass is 79.9. The lowest BCUT2D eigenvalue weighted by Crippen LogP contribution is -2.26. The van der Waals surface area contributed by atoms with Gasteiger partial charge in [-0.15, -0.1) is 17.9 Å². The minimum atomic E-state index is -3.44. The summed E-state index contributed by atoms with van der Waals surface area (Å²) in [7, 11) is -1.89. The van der Waals surface area contributed by atoms with Gasteiger partial charge in [0, 0.05) is 25.0 Å². The van der Waals surface area contributed by atoms with Crippen LogP contribution >= 0.6 is 27.3 Å². The van der Waals surface area contributed by atoms with Crippen LogP contribution in [0.1, 0.15) is 11.8 Å². The molecular weight excluding hydrogens is 336 g/mol. The molecule has 0 radical (unpaired) electrons. The van der Waals surface area contributed by atoms with Crippen molar-refractivity contribution in [1.29, 1.82) is 0 Å². The molecule has 0 atom stereocenters. The van der Waals surface area contributed by atoms with Crippen LogP contribution in [0.5, 0.6) is 0 Å². The van der Waals surface area contributed by atoms with Gasteiger partial charge in [-0.05, 0) is 28.5 Å². The average molecular weight is 353 g/mol. The molecule has 0 aromatic carbocycles. The maximum Gasteiger partial charge on any atom is 0.245 e. The van der Waals surface area contributed by atoms with Crippen molar-refractivity contribution in [2.45, 2.75) is 18.4 Å². The maximum atomic E-state index is 12.3. The van der Waals surface area contributed by atoms with E-state index in [1.54, 1.807) is 19.2 Å². The standard InChI is InChI=1S/C11H17BrN2O2S2/c1-4-6-14(3)18(15,16)10-7-9(8-13-5-2)17-11(10)12/h4,7,13H,1,5-6,8H2,2-3H3. The molecule has 1 heterocycles. The number of nitrogens with zero attached hydrogens (tertiary/aromatic N) is 1. The SMILES string of the molecule is C=CCN(C)S(=O)(=O)c1cc(CNCC)sc1Br. The molecule has 0 aliphatic heterocycles. The Hall–Kier alpha value is -0.210. The number of likely N-dealkylation sites (N-methyl/N-ethyl adjacent to an activating group) is 1. The number of thiophene rings is 1. The highest BCUT2D eigenvalue weighted by Crippen LogP contribution is 2.33. The second-order valence-electron chi connectivity index (χ2n) is 3.71. The van der Waals surface area contributed by atoms with Crippen LogP contribution in [0.3, 0.4) is 0 Å². The van der Waals surface area contributed by atoms with Gasteiger partial charge in [0.2, 0.25) is 10.0 Å². The average Bonchev–Trinajstić information content (AvgIpc) is 2.69. The molecule has 0 aliphatic carbocycles. The van der Waals surface area contributed by atoms with Crippen molar-refractivity contribution >= 4 is 37.3 Å². The van der Waals surface area contributed by atoms with Crippen LogP contribution < -0.4 is 5.32 Å². The second-order valence-corrected chi connectivity index (χ2v) is 8.17. The molecule has 102 valence electrons. The number of hydrogen-bond acceptors (Lipinski definition) is 4. The van der Waals surface area contributed by atoms with Crippen molar-refractivity contribution in [3.8, 4) is 0 Å². The van der Waals surface area contributed by atoms with E-state index in [-0.39, 0.29) is 0 Å². The Bertz CT molecular complexity index is 511. The van der Waals surface area contributed by atoms with Crippen LogP contribution in [-0.4, -0.2) is 32.9 Å². The van der Waals surface area contributed by atoms with Gasteiger partial charge < -0.3 is 5.32 Å². The lowest BCUT2D eigenvalue weighted by Gasteiger charge is -2.14. The van der Waals surface area contributed by atoms with E-state index in [4.69, 9.17) is 0 Å². The molecule has 1 N–H and O–H groups in total. The molecule has 7 heteroatoms. The van der Waals surface area contributed by atoms with E-state index in [1.165, 1.54) is 15.6 Å². The smallest absolute Gasteiger partial charge is 0.245 e. The fourth-order valence-electron chi connectivity index (χ4n) is 1.36. The first-order chi connectivity index (χ1) is 8.43. The summed E-state index contributed by atoms with van der Waals surface area (Å²) in [6.07, 6.45) is 1.57. The van der Waals surface area contributed by atoms with Gasteiger partial charge in [-0.3, -0.25) is 0 Å². The van der Waals surface area contributed by atoms with E-state index in [1.807, 2.05) is 6.92 Å². The third-order valence-electron chi connectivity index (χ3n) is 2.33. The molecule has 18 heavy (non-hydrogen) atoms. The Morgan fingerprint density at radius 1 is 1.61 bits per heavy atom. The second kappa shape index (κ2) is 6.81. The number of sulfonamides is 1. The topological polar surface area (TPSA) is 49.4 Å². The van der Waals surface area contributed by atoms with Crippen LogP contribution in [0.2, 0.25) is 0 Å².